The lowest BCUT2D eigenvalue weighted by atomic mass is 10.0. The molecule has 0 fully saturated rings. The predicted molar refractivity (Wildman–Crippen MR) is 98.9 cm³/mol. The molecule has 0 saturated carbocycles. The van der Waals surface area contributed by atoms with E-state index in [0.29, 0.717) is 16.8 Å². The van der Waals surface area contributed by atoms with Gasteiger partial charge in [0.15, 0.2) is 0 Å². The fraction of sp³-hybridized carbons (Fsp3) is 0.0476. The highest BCUT2D eigenvalue weighted by molar-refractivity contribution is 6.06. The Hall–Kier alpha value is -3.40. The van der Waals surface area contributed by atoms with Gasteiger partial charge in [0.2, 0.25) is 0 Å². The van der Waals surface area contributed by atoms with Gasteiger partial charge >= 0.3 is 5.63 Å². The molecule has 0 spiro atoms. The van der Waals surface area contributed by atoms with Gasteiger partial charge in [0, 0.05) is 17.8 Å². The Labute approximate surface area is 143 Å². The van der Waals surface area contributed by atoms with Crippen LogP contribution in [0.3, 0.4) is 0 Å². The lowest BCUT2D eigenvalue weighted by molar-refractivity contribution is 0.563. The van der Waals surface area contributed by atoms with Crippen LogP contribution in [-0.2, 0) is 0 Å². The number of nitrogens with zero attached hydrogens (tertiary/aromatic N) is 2. The van der Waals surface area contributed by atoms with E-state index in [1.165, 1.54) is 0 Å². The Bertz CT molecular complexity index is 1330. The van der Waals surface area contributed by atoms with Crippen LogP contribution in [0, 0.1) is 6.92 Å². The van der Waals surface area contributed by atoms with Crippen LogP contribution in [0.5, 0.6) is 0 Å². The zero-order valence-electron chi connectivity index (χ0n) is 13.6. The van der Waals surface area contributed by atoms with Crippen LogP contribution in [0.1, 0.15) is 5.56 Å². The topological polar surface area (TPSA) is 47.5 Å². The second-order valence-electron chi connectivity index (χ2n) is 6.24. The monoisotopic (exact) mass is 326 g/mol. The van der Waals surface area contributed by atoms with Gasteiger partial charge in [-0.1, -0.05) is 30.3 Å². The molecule has 3 aromatic heterocycles. The summed E-state index contributed by atoms with van der Waals surface area (Å²) >= 11 is 0. The first kappa shape index (κ1) is 14.0. The third kappa shape index (κ3) is 2.15. The lowest BCUT2D eigenvalue weighted by Gasteiger charge is -2.04. The fourth-order valence-electron chi connectivity index (χ4n) is 3.26. The molecule has 0 aliphatic heterocycles. The smallest absolute Gasteiger partial charge is 0.345 e. The highest BCUT2D eigenvalue weighted by Gasteiger charge is 2.13. The minimum atomic E-state index is -0.372. The SMILES string of the molecule is Cc1ccn2cc(-c3cc4c(ccc5ccccc54)oc3=O)nc2c1. The molecule has 5 rings (SSSR count). The summed E-state index contributed by atoms with van der Waals surface area (Å²) in [6.45, 7) is 2.02. The third-order valence-electron chi connectivity index (χ3n) is 4.53. The molecule has 0 atom stereocenters. The second-order valence-corrected chi connectivity index (χ2v) is 6.24. The van der Waals surface area contributed by atoms with Gasteiger partial charge in [-0.05, 0) is 47.5 Å². The molecule has 0 unspecified atom stereocenters. The van der Waals surface area contributed by atoms with Crippen molar-refractivity contribution in [2.75, 3.05) is 0 Å². The average Bonchev–Trinajstić information content (AvgIpc) is 3.03. The summed E-state index contributed by atoms with van der Waals surface area (Å²) in [7, 11) is 0. The van der Waals surface area contributed by atoms with E-state index < -0.39 is 0 Å². The van der Waals surface area contributed by atoms with Gasteiger partial charge in [-0.25, -0.2) is 9.78 Å². The number of benzene rings is 2. The number of rotatable bonds is 1. The Kier molecular flexibility index (Phi) is 2.82. The van der Waals surface area contributed by atoms with Gasteiger partial charge in [0.25, 0.3) is 0 Å². The molecular weight excluding hydrogens is 312 g/mol. The van der Waals surface area contributed by atoms with Crippen LogP contribution in [0.25, 0.3) is 38.6 Å². The number of fused-ring (bicyclic) bond motifs is 4. The number of aryl methyl sites for hydroxylation is 1. The normalized spacial score (nSPS) is 11.6. The Balaban J connectivity index is 1.83. The van der Waals surface area contributed by atoms with E-state index in [1.54, 1.807) is 0 Å². The minimum Gasteiger partial charge on any atom is -0.422 e. The summed E-state index contributed by atoms with van der Waals surface area (Å²) in [5.74, 6) is 0. The van der Waals surface area contributed by atoms with E-state index in [9.17, 15) is 4.79 Å². The van der Waals surface area contributed by atoms with E-state index in [1.807, 2.05) is 78.3 Å². The molecule has 120 valence electrons. The van der Waals surface area contributed by atoms with Crippen LogP contribution in [0.15, 0.2) is 76.2 Å². The van der Waals surface area contributed by atoms with Crippen molar-refractivity contribution in [1.29, 1.82) is 0 Å². The Morgan fingerprint density at radius 2 is 1.88 bits per heavy atom. The number of pyridine rings is 1. The maximum atomic E-state index is 12.5. The summed E-state index contributed by atoms with van der Waals surface area (Å²) < 4.78 is 7.48. The van der Waals surface area contributed by atoms with Crippen molar-refractivity contribution < 1.29 is 4.42 Å². The lowest BCUT2D eigenvalue weighted by Crippen LogP contribution is -2.03. The first-order valence-electron chi connectivity index (χ1n) is 8.10. The first-order chi connectivity index (χ1) is 12.2. The number of hydrogen-bond donors (Lipinski definition) is 0. The van der Waals surface area contributed by atoms with Gasteiger partial charge in [-0.2, -0.15) is 0 Å². The molecule has 0 amide bonds. The predicted octanol–water partition coefficient (Wildman–Crippen LogP) is 4.57. The van der Waals surface area contributed by atoms with E-state index >= 15 is 0 Å². The maximum absolute atomic E-state index is 12.5. The summed E-state index contributed by atoms with van der Waals surface area (Å²) in [5.41, 5.74) is 3.25. The van der Waals surface area contributed by atoms with Crippen LogP contribution < -0.4 is 5.63 Å². The molecule has 0 bridgehead atoms. The molecular formula is C21H14N2O2. The zero-order chi connectivity index (χ0) is 17.0. The molecule has 2 aromatic carbocycles. The van der Waals surface area contributed by atoms with E-state index in [4.69, 9.17) is 4.42 Å². The standard InChI is InChI=1S/C21H14N2O2/c1-13-8-9-23-12-18(22-20(23)10-13)17-11-16-15-5-3-2-4-14(15)6-7-19(16)25-21(17)24/h2-12H,1H3. The van der Waals surface area contributed by atoms with E-state index in [2.05, 4.69) is 4.98 Å². The summed E-state index contributed by atoms with van der Waals surface area (Å²) in [4.78, 5) is 17.1. The number of aromatic nitrogens is 2. The van der Waals surface area contributed by atoms with Gasteiger partial charge in [0.05, 0.1) is 11.3 Å². The molecule has 4 heteroatoms. The molecule has 0 saturated heterocycles. The van der Waals surface area contributed by atoms with Crippen LogP contribution in [-0.4, -0.2) is 9.38 Å². The molecule has 0 aliphatic rings. The van der Waals surface area contributed by atoms with Crippen molar-refractivity contribution in [1.82, 2.24) is 9.38 Å². The summed E-state index contributed by atoms with van der Waals surface area (Å²) in [6, 6.07) is 17.8. The van der Waals surface area contributed by atoms with Crippen molar-refractivity contribution in [3.63, 3.8) is 0 Å². The van der Waals surface area contributed by atoms with E-state index in [0.717, 1.165) is 27.4 Å². The Morgan fingerprint density at radius 1 is 1.00 bits per heavy atom. The third-order valence-corrected chi connectivity index (χ3v) is 4.53. The highest BCUT2D eigenvalue weighted by Crippen LogP contribution is 2.27. The fourth-order valence-corrected chi connectivity index (χ4v) is 3.26. The molecule has 5 aromatic rings. The van der Waals surface area contributed by atoms with Crippen molar-refractivity contribution in [2.45, 2.75) is 6.92 Å². The molecule has 3 heterocycles. The van der Waals surface area contributed by atoms with Crippen LogP contribution in [0.2, 0.25) is 0 Å². The first-order valence-corrected chi connectivity index (χ1v) is 8.10. The van der Waals surface area contributed by atoms with Crippen molar-refractivity contribution in [3.8, 4) is 11.3 Å². The molecule has 0 N–H and O–H groups in total. The highest BCUT2D eigenvalue weighted by atomic mass is 16.4. The van der Waals surface area contributed by atoms with Gasteiger partial charge in [0.1, 0.15) is 11.2 Å². The molecule has 0 radical (unpaired) electrons. The largest absolute Gasteiger partial charge is 0.422 e. The number of hydrogen-bond acceptors (Lipinski definition) is 3. The molecule has 25 heavy (non-hydrogen) atoms. The quantitative estimate of drug-likeness (QED) is 0.335. The van der Waals surface area contributed by atoms with Crippen LogP contribution >= 0.6 is 0 Å². The minimum absolute atomic E-state index is 0.372. The average molecular weight is 326 g/mol. The summed E-state index contributed by atoms with van der Waals surface area (Å²) in [5, 5.41) is 3.09. The summed E-state index contributed by atoms with van der Waals surface area (Å²) in [6.07, 6.45) is 3.80. The Morgan fingerprint density at radius 3 is 2.80 bits per heavy atom. The van der Waals surface area contributed by atoms with Crippen molar-refractivity contribution >= 4 is 27.4 Å². The van der Waals surface area contributed by atoms with E-state index in [-0.39, 0.29) is 5.63 Å². The van der Waals surface area contributed by atoms with Gasteiger partial charge < -0.3 is 8.82 Å². The molecule has 0 aliphatic carbocycles. The zero-order valence-corrected chi connectivity index (χ0v) is 13.6. The van der Waals surface area contributed by atoms with Gasteiger partial charge in [-0.15, -0.1) is 0 Å². The van der Waals surface area contributed by atoms with Crippen molar-refractivity contribution in [2.24, 2.45) is 0 Å². The van der Waals surface area contributed by atoms with Gasteiger partial charge in [-0.3, -0.25) is 0 Å². The molecule has 4 nitrogen and oxygen atoms in total. The van der Waals surface area contributed by atoms with Crippen LogP contribution in [0.4, 0.5) is 0 Å². The number of imidazole rings is 1. The maximum Gasteiger partial charge on any atom is 0.345 e. The van der Waals surface area contributed by atoms with Crippen molar-refractivity contribution in [3.05, 3.63) is 83.0 Å². The second kappa shape index (κ2) is 5.05.